The molecule has 1 N–H and O–H groups in total. The Morgan fingerprint density at radius 2 is 1.79 bits per heavy atom. The first kappa shape index (κ1) is 20.7. The molecular weight excluding hydrogens is 398 g/mol. The number of nitrogens with zero attached hydrogens (tertiary/aromatic N) is 1. The maximum Gasteiger partial charge on any atom is 0.264 e. The van der Waals surface area contributed by atoms with Crippen molar-refractivity contribution in [1.29, 1.82) is 0 Å². The van der Waals surface area contributed by atoms with Crippen LogP contribution in [0.4, 0.5) is 5.69 Å². The van der Waals surface area contributed by atoms with Gasteiger partial charge in [0.25, 0.3) is 10.0 Å². The maximum atomic E-state index is 13.5. The summed E-state index contributed by atoms with van der Waals surface area (Å²) in [7, 11) is -7.77. The van der Waals surface area contributed by atoms with Gasteiger partial charge in [0, 0.05) is 12.3 Å². The van der Waals surface area contributed by atoms with Gasteiger partial charge in [-0.15, -0.1) is 0 Å². The smallest absolute Gasteiger partial charge is 0.264 e. The van der Waals surface area contributed by atoms with Gasteiger partial charge in [0.2, 0.25) is 0 Å². The van der Waals surface area contributed by atoms with E-state index in [0.717, 1.165) is 42.4 Å². The van der Waals surface area contributed by atoms with Gasteiger partial charge in [-0.05, 0) is 61.1 Å². The molecule has 0 aromatic heterocycles. The van der Waals surface area contributed by atoms with Crippen molar-refractivity contribution >= 4 is 25.5 Å². The largest absolute Gasteiger partial charge is 0.507 e. The topological polar surface area (TPSA) is 91.8 Å². The van der Waals surface area contributed by atoms with Crippen LogP contribution in [0.5, 0.6) is 5.75 Å². The first-order valence-corrected chi connectivity index (χ1v) is 12.6. The zero-order chi connectivity index (χ0) is 20.7. The SMILES string of the molecule is CCc1ccc2c(c1)CCC(CC)N2S(=O)(=O)c1ccc(O)c(S(C)(=O)=O)c1. The fourth-order valence-corrected chi connectivity index (χ4v) is 6.35. The maximum absolute atomic E-state index is 13.5. The Morgan fingerprint density at radius 3 is 2.39 bits per heavy atom. The lowest BCUT2D eigenvalue weighted by atomic mass is 9.94. The summed E-state index contributed by atoms with van der Waals surface area (Å²) in [6.45, 7) is 3.99. The highest BCUT2D eigenvalue weighted by atomic mass is 32.2. The molecule has 0 bridgehead atoms. The number of hydrogen-bond donors (Lipinski definition) is 1. The first-order chi connectivity index (χ1) is 13.1. The zero-order valence-electron chi connectivity index (χ0n) is 16.2. The third-order valence-electron chi connectivity index (χ3n) is 5.23. The lowest BCUT2D eigenvalue weighted by Gasteiger charge is -2.37. The van der Waals surface area contributed by atoms with E-state index in [-0.39, 0.29) is 15.8 Å². The van der Waals surface area contributed by atoms with Gasteiger partial charge in [0.1, 0.15) is 10.6 Å². The summed E-state index contributed by atoms with van der Waals surface area (Å²) in [6.07, 6.45) is 3.96. The molecule has 1 heterocycles. The number of hydrogen-bond acceptors (Lipinski definition) is 5. The van der Waals surface area contributed by atoms with Crippen molar-refractivity contribution in [2.75, 3.05) is 10.6 Å². The molecule has 1 aliphatic rings. The molecule has 2 aromatic rings. The summed E-state index contributed by atoms with van der Waals surface area (Å²) < 4.78 is 52.3. The number of fused-ring (bicyclic) bond motifs is 1. The molecule has 1 aliphatic heterocycles. The highest BCUT2D eigenvalue weighted by Gasteiger charge is 2.36. The molecule has 0 saturated heterocycles. The number of aromatic hydroxyl groups is 1. The van der Waals surface area contributed by atoms with Crippen LogP contribution in [0.15, 0.2) is 46.2 Å². The summed E-state index contributed by atoms with van der Waals surface area (Å²) in [6, 6.07) is 9.02. The van der Waals surface area contributed by atoms with Gasteiger partial charge >= 0.3 is 0 Å². The number of sulfonamides is 1. The van der Waals surface area contributed by atoms with Crippen molar-refractivity contribution in [3.05, 3.63) is 47.5 Å². The van der Waals surface area contributed by atoms with Crippen molar-refractivity contribution in [1.82, 2.24) is 0 Å². The van der Waals surface area contributed by atoms with E-state index in [9.17, 15) is 21.9 Å². The Kier molecular flexibility index (Phi) is 5.46. The number of anilines is 1. The molecule has 2 aromatic carbocycles. The average molecular weight is 424 g/mol. The summed E-state index contributed by atoms with van der Waals surface area (Å²) in [5.41, 5.74) is 2.77. The third-order valence-corrected chi connectivity index (χ3v) is 8.22. The minimum absolute atomic E-state index is 0.142. The predicted octanol–water partition coefficient (Wildman–Crippen LogP) is 3.28. The molecule has 0 saturated carbocycles. The highest BCUT2D eigenvalue weighted by Crippen LogP contribution is 2.38. The first-order valence-electron chi connectivity index (χ1n) is 9.29. The van der Waals surface area contributed by atoms with Crippen molar-refractivity contribution in [3.8, 4) is 5.75 Å². The van der Waals surface area contributed by atoms with E-state index in [2.05, 4.69) is 6.92 Å². The standard InChI is InChI=1S/C20H25NO5S2/c1-4-14-6-10-18-15(12-14)7-8-16(5-2)21(18)28(25,26)17-9-11-19(22)20(13-17)27(3,23)24/h6,9-13,16,22H,4-5,7-8H2,1-3H3. The lowest BCUT2D eigenvalue weighted by Crippen LogP contribution is -2.43. The molecular formula is C20H25NO5S2. The second kappa shape index (κ2) is 7.40. The molecule has 8 heteroatoms. The van der Waals surface area contributed by atoms with Gasteiger partial charge in [0.05, 0.1) is 10.6 Å². The molecule has 0 aliphatic carbocycles. The van der Waals surface area contributed by atoms with Crippen LogP contribution in [0.3, 0.4) is 0 Å². The van der Waals surface area contributed by atoms with Crippen LogP contribution >= 0.6 is 0 Å². The summed E-state index contributed by atoms with van der Waals surface area (Å²) >= 11 is 0. The van der Waals surface area contributed by atoms with Crippen LogP contribution in [0.25, 0.3) is 0 Å². The van der Waals surface area contributed by atoms with Crippen LogP contribution in [0, 0.1) is 0 Å². The van der Waals surface area contributed by atoms with Crippen LogP contribution in [-0.2, 0) is 32.7 Å². The molecule has 0 amide bonds. The molecule has 1 atom stereocenters. The van der Waals surface area contributed by atoms with E-state index in [1.54, 1.807) is 0 Å². The van der Waals surface area contributed by atoms with Crippen LogP contribution in [0.2, 0.25) is 0 Å². The van der Waals surface area contributed by atoms with Gasteiger partial charge in [-0.2, -0.15) is 0 Å². The number of rotatable bonds is 5. The van der Waals surface area contributed by atoms with E-state index in [1.165, 1.54) is 10.4 Å². The van der Waals surface area contributed by atoms with E-state index in [0.29, 0.717) is 18.5 Å². The van der Waals surface area contributed by atoms with Crippen LogP contribution in [0.1, 0.15) is 37.8 Å². The van der Waals surface area contributed by atoms with Crippen LogP contribution < -0.4 is 4.31 Å². The quantitative estimate of drug-likeness (QED) is 0.797. The van der Waals surface area contributed by atoms with Gasteiger partial charge in [0.15, 0.2) is 9.84 Å². The fourth-order valence-electron chi connectivity index (χ4n) is 3.67. The van der Waals surface area contributed by atoms with Gasteiger partial charge in [-0.25, -0.2) is 16.8 Å². The number of phenolic OH excluding ortho intramolecular Hbond substituents is 1. The van der Waals surface area contributed by atoms with Crippen molar-refractivity contribution in [3.63, 3.8) is 0 Å². The normalized spacial score (nSPS) is 17.4. The number of benzene rings is 2. The van der Waals surface area contributed by atoms with E-state index < -0.39 is 25.6 Å². The third kappa shape index (κ3) is 3.63. The van der Waals surface area contributed by atoms with Crippen molar-refractivity contribution in [2.24, 2.45) is 0 Å². The Morgan fingerprint density at radius 1 is 1.07 bits per heavy atom. The molecule has 6 nitrogen and oxygen atoms in total. The summed E-state index contributed by atoms with van der Waals surface area (Å²) in [5, 5.41) is 9.87. The lowest BCUT2D eigenvalue weighted by molar-refractivity contribution is 0.458. The van der Waals surface area contributed by atoms with Gasteiger partial charge in [-0.3, -0.25) is 4.31 Å². The van der Waals surface area contributed by atoms with E-state index in [1.807, 2.05) is 25.1 Å². The van der Waals surface area contributed by atoms with Crippen molar-refractivity contribution in [2.45, 2.75) is 55.4 Å². The van der Waals surface area contributed by atoms with Gasteiger partial charge in [-0.1, -0.05) is 26.0 Å². The van der Waals surface area contributed by atoms with Crippen LogP contribution in [-0.4, -0.2) is 34.2 Å². The van der Waals surface area contributed by atoms with E-state index in [4.69, 9.17) is 0 Å². The number of sulfone groups is 1. The molecule has 0 radical (unpaired) electrons. The summed E-state index contributed by atoms with van der Waals surface area (Å²) in [5.74, 6) is -0.458. The van der Waals surface area contributed by atoms with Gasteiger partial charge < -0.3 is 5.11 Å². The summed E-state index contributed by atoms with van der Waals surface area (Å²) in [4.78, 5) is -0.531. The zero-order valence-corrected chi connectivity index (χ0v) is 17.8. The molecule has 152 valence electrons. The minimum atomic E-state index is -4.00. The molecule has 0 spiro atoms. The molecule has 28 heavy (non-hydrogen) atoms. The predicted molar refractivity (Wildman–Crippen MR) is 109 cm³/mol. The average Bonchev–Trinajstić information content (AvgIpc) is 2.65. The second-order valence-electron chi connectivity index (χ2n) is 7.12. The monoisotopic (exact) mass is 423 g/mol. The number of aryl methyl sites for hydroxylation is 2. The van der Waals surface area contributed by atoms with E-state index >= 15 is 0 Å². The fraction of sp³-hybridized carbons (Fsp3) is 0.400. The molecule has 1 unspecified atom stereocenters. The molecule has 0 fully saturated rings. The Balaban J connectivity index is 2.18. The highest BCUT2D eigenvalue weighted by molar-refractivity contribution is 7.93. The van der Waals surface area contributed by atoms with Crippen molar-refractivity contribution < 1.29 is 21.9 Å². The molecule has 3 rings (SSSR count). The number of phenols is 1. The minimum Gasteiger partial charge on any atom is -0.507 e. The Bertz CT molecular complexity index is 1110. The second-order valence-corrected chi connectivity index (χ2v) is 10.9. The Hall–Kier alpha value is -2.06. The Labute approximate surface area is 166 Å².